The first kappa shape index (κ1) is 20.6. The summed E-state index contributed by atoms with van der Waals surface area (Å²) in [4.78, 5) is 14.1. The molecule has 2 heterocycles. The van der Waals surface area contributed by atoms with E-state index in [1.807, 2.05) is 0 Å². The van der Waals surface area contributed by atoms with Gasteiger partial charge in [-0.25, -0.2) is 13.1 Å². The second kappa shape index (κ2) is 8.10. The molecule has 0 bridgehead atoms. The maximum Gasteiger partial charge on any atom is 0.573 e. The molecule has 0 radical (unpaired) electrons. The van der Waals surface area contributed by atoms with Crippen LogP contribution in [0.3, 0.4) is 0 Å². The number of ether oxygens (including phenoxy) is 1. The summed E-state index contributed by atoms with van der Waals surface area (Å²) in [5.74, 6) is -0.719. The number of hydrogen-bond acceptors (Lipinski definition) is 5. The zero-order valence-corrected chi connectivity index (χ0v) is 16.1. The molecule has 3 rings (SSSR count). The Morgan fingerprint density at radius 1 is 1.14 bits per heavy atom. The van der Waals surface area contributed by atoms with Crippen LogP contribution in [0.4, 0.5) is 13.2 Å². The minimum absolute atomic E-state index is 0.243. The second-order valence-corrected chi connectivity index (χ2v) is 9.08. The number of rotatable bonds is 5. The van der Waals surface area contributed by atoms with Crippen LogP contribution in [0.25, 0.3) is 0 Å². The molecule has 1 fully saturated rings. The maximum absolute atomic E-state index is 12.5. The molecule has 0 aliphatic carbocycles. The van der Waals surface area contributed by atoms with E-state index in [2.05, 4.69) is 9.46 Å². The van der Waals surface area contributed by atoms with E-state index >= 15 is 0 Å². The van der Waals surface area contributed by atoms with E-state index in [0.29, 0.717) is 25.9 Å². The first-order valence-corrected chi connectivity index (χ1v) is 10.7. The molecule has 1 aliphatic rings. The van der Waals surface area contributed by atoms with Crippen LogP contribution in [0, 0.1) is 0 Å². The first-order valence-electron chi connectivity index (χ1n) is 8.35. The molecular formula is C17H17F3N2O4S2. The van der Waals surface area contributed by atoms with E-state index in [-0.39, 0.29) is 21.7 Å². The fourth-order valence-corrected chi connectivity index (χ4v) is 5.19. The zero-order chi connectivity index (χ0) is 20.4. The summed E-state index contributed by atoms with van der Waals surface area (Å²) >= 11 is 1.13. The van der Waals surface area contributed by atoms with Crippen molar-refractivity contribution in [3.8, 4) is 5.75 Å². The van der Waals surface area contributed by atoms with Gasteiger partial charge in [-0.1, -0.05) is 6.07 Å². The number of likely N-dealkylation sites (tertiary alicyclic amines) is 1. The maximum atomic E-state index is 12.5. The average Bonchev–Trinajstić information content (AvgIpc) is 3.16. The molecule has 0 atom stereocenters. The van der Waals surface area contributed by atoms with Crippen molar-refractivity contribution >= 4 is 27.3 Å². The molecule has 6 nitrogen and oxygen atoms in total. The summed E-state index contributed by atoms with van der Waals surface area (Å²) < 4.78 is 67.8. The molecule has 28 heavy (non-hydrogen) atoms. The van der Waals surface area contributed by atoms with Gasteiger partial charge in [-0.3, -0.25) is 4.79 Å². The standard InChI is InChI=1S/C17H17F3N2O4S2/c18-17(19,20)26-14-5-3-12(4-6-14)16(23)22-9-7-13(8-10-22)21-28(24,25)15-2-1-11-27-15/h1-6,11,13,21H,7-10H2. The Morgan fingerprint density at radius 2 is 1.79 bits per heavy atom. The molecule has 152 valence electrons. The van der Waals surface area contributed by atoms with Crippen LogP contribution in [0.15, 0.2) is 46.0 Å². The summed E-state index contributed by atoms with van der Waals surface area (Å²) in [6.45, 7) is 0.689. The summed E-state index contributed by atoms with van der Waals surface area (Å²) in [6, 6.07) is 7.62. The van der Waals surface area contributed by atoms with E-state index in [1.165, 1.54) is 18.2 Å². The van der Waals surface area contributed by atoms with Gasteiger partial charge in [0.1, 0.15) is 9.96 Å². The van der Waals surface area contributed by atoms with Crippen molar-refractivity contribution in [3.63, 3.8) is 0 Å². The molecule has 2 aromatic rings. The van der Waals surface area contributed by atoms with Gasteiger partial charge in [-0.05, 0) is 48.6 Å². The Balaban J connectivity index is 1.55. The zero-order valence-electron chi connectivity index (χ0n) is 14.5. The van der Waals surface area contributed by atoms with Gasteiger partial charge in [-0.2, -0.15) is 0 Å². The highest BCUT2D eigenvalue weighted by Crippen LogP contribution is 2.24. The smallest absolute Gasteiger partial charge is 0.406 e. The number of benzene rings is 1. The average molecular weight is 434 g/mol. The normalized spacial score (nSPS) is 16.2. The number of halogens is 3. The van der Waals surface area contributed by atoms with Crippen LogP contribution in [0.2, 0.25) is 0 Å². The fraction of sp³-hybridized carbons (Fsp3) is 0.353. The van der Waals surface area contributed by atoms with Crippen LogP contribution in [-0.2, 0) is 10.0 Å². The molecule has 1 N–H and O–H groups in total. The molecule has 11 heteroatoms. The van der Waals surface area contributed by atoms with E-state index in [1.54, 1.807) is 16.3 Å². The quantitative estimate of drug-likeness (QED) is 0.784. The topological polar surface area (TPSA) is 75.7 Å². The van der Waals surface area contributed by atoms with Crippen molar-refractivity contribution in [1.29, 1.82) is 0 Å². The van der Waals surface area contributed by atoms with Gasteiger partial charge in [0, 0.05) is 24.7 Å². The first-order chi connectivity index (χ1) is 13.1. The van der Waals surface area contributed by atoms with Gasteiger partial charge in [0.15, 0.2) is 0 Å². The highest BCUT2D eigenvalue weighted by atomic mass is 32.2. The van der Waals surface area contributed by atoms with Crippen LogP contribution >= 0.6 is 11.3 Å². The minimum atomic E-state index is -4.79. The molecule has 1 amide bonds. The van der Waals surface area contributed by atoms with Gasteiger partial charge < -0.3 is 9.64 Å². The molecule has 0 spiro atoms. The molecule has 1 aliphatic heterocycles. The van der Waals surface area contributed by atoms with Gasteiger partial charge in [0.05, 0.1) is 0 Å². The molecule has 1 saturated heterocycles. The Morgan fingerprint density at radius 3 is 2.32 bits per heavy atom. The van der Waals surface area contributed by atoms with Gasteiger partial charge in [-0.15, -0.1) is 24.5 Å². The van der Waals surface area contributed by atoms with Crippen LogP contribution in [-0.4, -0.2) is 44.7 Å². The van der Waals surface area contributed by atoms with Crippen LogP contribution in [0.1, 0.15) is 23.2 Å². The lowest BCUT2D eigenvalue weighted by Crippen LogP contribution is -2.46. The summed E-state index contributed by atoms with van der Waals surface area (Å²) in [7, 11) is -3.57. The van der Waals surface area contributed by atoms with Crippen molar-refractivity contribution in [1.82, 2.24) is 9.62 Å². The number of sulfonamides is 1. The van der Waals surface area contributed by atoms with Crippen molar-refractivity contribution in [2.45, 2.75) is 29.5 Å². The number of nitrogens with zero attached hydrogens (tertiary/aromatic N) is 1. The molecule has 1 aromatic heterocycles. The number of carbonyl (C=O) groups is 1. The number of hydrogen-bond donors (Lipinski definition) is 1. The fourth-order valence-electron chi connectivity index (χ4n) is 2.88. The highest BCUT2D eigenvalue weighted by Gasteiger charge is 2.31. The number of alkyl halides is 3. The van der Waals surface area contributed by atoms with Crippen molar-refractivity contribution in [3.05, 3.63) is 47.3 Å². The third kappa shape index (κ3) is 5.24. The van der Waals surface area contributed by atoms with Gasteiger partial charge >= 0.3 is 6.36 Å². The van der Waals surface area contributed by atoms with E-state index in [4.69, 9.17) is 0 Å². The van der Waals surface area contributed by atoms with Gasteiger partial charge in [0.25, 0.3) is 5.91 Å². The van der Waals surface area contributed by atoms with Crippen LogP contribution in [0.5, 0.6) is 5.75 Å². The molecule has 1 aromatic carbocycles. The predicted octanol–water partition coefficient (Wildman–Crippen LogP) is 3.23. The lowest BCUT2D eigenvalue weighted by molar-refractivity contribution is -0.274. The number of thiophene rings is 1. The lowest BCUT2D eigenvalue weighted by Gasteiger charge is -2.32. The largest absolute Gasteiger partial charge is 0.573 e. The molecular weight excluding hydrogens is 417 g/mol. The van der Waals surface area contributed by atoms with E-state index in [9.17, 15) is 26.4 Å². The third-order valence-electron chi connectivity index (χ3n) is 4.20. The number of nitrogens with one attached hydrogen (secondary N) is 1. The Kier molecular flexibility index (Phi) is 5.96. The second-order valence-electron chi connectivity index (χ2n) is 6.19. The summed E-state index contributed by atoms with van der Waals surface area (Å²) in [5, 5.41) is 1.68. The van der Waals surface area contributed by atoms with Crippen molar-refractivity contribution in [2.75, 3.05) is 13.1 Å². The summed E-state index contributed by atoms with van der Waals surface area (Å²) in [6.07, 6.45) is -3.89. The molecule has 0 unspecified atom stereocenters. The Bertz CT molecular complexity index is 905. The Hall–Kier alpha value is -2.11. The summed E-state index contributed by atoms with van der Waals surface area (Å²) in [5.41, 5.74) is 0.243. The number of piperidine rings is 1. The monoisotopic (exact) mass is 434 g/mol. The lowest BCUT2D eigenvalue weighted by atomic mass is 10.0. The Labute approximate surface area is 164 Å². The van der Waals surface area contributed by atoms with Crippen LogP contribution < -0.4 is 9.46 Å². The number of carbonyl (C=O) groups excluding carboxylic acids is 1. The highest BCUT2D eigenvalue weighted by molar-refractivity contribution is 7.91. The predicted molar refractivity (Wildman–Crippen MR) is 96.7 cm³/mol. The molecule has 0 saturated carbocycles. The van der Waals surface area contributed by atoms with Crippen molar-refractivity contribution in [2.24, 2.45) is 0 Å². The SMILES string of the molecule is O=C(c1ccc(OC(F)(F)F)cc1)N1CCC(NS(=O)(=O)c2cccs2)CC1. The van der Waals surface area contributed by atoms with Gasteiger partial charge in [0.2, 0.25) is 10.0 Å². The van der Waals surface area contributed by atoms with E-state index in [0.717, 1.165) is 23.5 Å². The third-order valence-corrected chi connectivity index (χ3v) is 7.12. The van der Waals surface area contributed by atoms with Crippen molar-refractivity contribution < 1.29 is 31.1 Å². The minimum Gasteiger partial charge on any atom is -0.406 e. The van der Waals surface area contributed by atoms with E-state index < -0.39 is 22.1 Å². The number of amides is 1.